The van der Waals surface area contributed by atoms with E-state index in [1.165, 1.54) is 12.4 Å². The second-order valence-electron chi connectivity index (χ2n) is 6.35. The fourth-order valence-corrected chi connectivity index (χ4v) is 3.61. The molecule has 0 aromatic carbocycles. The summed E-state index contributed by atoms with van der Waals surface area (Å²) in [6.45, 7) is 7.03. The van der Waals surface area contributed by atoms with Crippen molar-refractivity contribution in [2.45, 2.75) is 18.4 Å². The smallest absolute Gasteiger partial charge is 0.219 e. The molecule has 29 heavy (non-hydrogen) atoms. The summed E-state index contributed by atoms with van der Waals surface area (Å²) in [5.41, 5.74) is 7.25. The zero-order valence-corrected chi connectivity index (χ0v) is 17.0. The predicted octanol–water partition coefficient (Wildman–Crippen LogP) is 3.08. The summed E-state index contributed by atoms with van der Waals surface area (Å²) in [5.74, 6) is 4.75. The average Bonchev–Trinajstić information content (AvgIpc) is 3.13. The minimum Gasteiger partial charge on any atom is -0.458 e. The molecule has 0 bridgehead atoms. The monoisotopic (exact) mass is 409 g/mol. The van der Waals surface area contributed by atoms with Gasteiger partial charge in [0.1, 0.15) is 5.76 Å². The van der Waals surface area contributed by atoms with E-state index in [1.807, 2.05) is 31.2 Å². The third-order valence-corrected chi connectivity index (χ3v) is 6.26. The highest BCUT2D eigenvalue weighted by atomic mass is 32.2. The van der Waals surface area contributed by atoms with E-state index in [0.29, 0.717) is 22.9 Å². The van der Waals surface area contributed by atoms with E-state index in [4.69, 9.17) is 10.2 Å². The average molecular weight is 410 g/mol. The molecule has 0 aliphatic heterocycles. The van der Waals surface area contributed by atoms with Crippen molar-refractivity contribution >= 4 is 32.3 Å². The Morgan fingerprint density at radius 2 is 2.07 bits per heavy atom. The molecule has 3 aromatic heterocycles. The maximum absolute atomic E-state index is 12.9. The van der Waals surface area contributed by atoms with E-state index in [1.54, 1.807) is 18.5 Å². The highest BCUT2D eigenvalue weighted by Gasteiger charge is 2.11. The van der Waals surface area contributed by atoms with Gasteiger partial charge in [-0.1, -0.05) is 18.7 Å². The number of rotatable bonds is 8. The van der Waals surface area contributed by atoms with Gasteiger partial charge in [-0.3, -0.25) is 9.19 Å². The van der Waals surface area contributed by atoms with Gasteiger partial charge in [0.25, 0.3) is 0 Å². The third kappa shape index (κ3) is 4.98. The van der Waals surface area contributed by atoms with Gasteiger partial charge in [0.15, 0.2) is 5.58 Å². The number of allylic oxidation sites excluding steroid dienone is 2. The van der Waals surface area contributed by atoms with Gasteiger partial charge < -0.3 is 15.5 Å². The molecular weight excluding hydrogens is 386 g/mol. The molecule has 0 aliphatic carbocycles. The predicted molar refractivity (Wildman–Crippen MR) is 118 cm³/mol. The van der Waals surface area contributed by atoms with E-state index < -0.39 is 9.52 Å². The molecule has 7 nitrogen and oxygen atoms in total. The summed E-state index contributed by atoms with van der Waals surface area (Å²) in [6, 6.07) is 3.90. The summed E-state index contributed by atoms with van der Waals surface area (Å²) < 4.78 is 18.7. The van der Waals surface area contributed by atoms with E-state index in [9.17, 15) is 4.21 Å². The first-order chi connectivity index (χ1) is 13.9. The minimum absolute atomic E-state index is 0.119. The zero-order valence-electron chi connectivity index (χ0n) is 16.2. The quantitative estimate of drug-likeness (QED) is 0.435. The first kappa shape index (κ1) is 20.5. The molecule has 0 amide bonds. The van der Waals surface area contributed by atoms with Crippen LogP contribution in [0.15, 0.2) is 81.5 Å². The number of nitrogens with two attached hydrogens (primary N) is 1. The zero-order chi connectivity index (χ0) is 20.9. The molecule has 0 radical (unpaired) electrons. The van der Waals surface area contributed by atoms with Crippen LogP contribution in [0.2, 0.25) is 0 Å². The molecule has 0 aliphatic rings. The normalized spacial score (nSPS) is 14.3. The number of nitrogens with one attached hydrogen (secondary N) is 1. The molecule has 1 atom stereocenters. The molecule has 8 heteroatoms. The number of pyridine rings is 1. The fraction of sp³-hybridized carbons (Fsp3) is 0.143. The van der Waals surface area contributed by atoms with Crippen LogP contribution >= 0.6 is 0 Å². The third-order valence-electron chi connectivity index (χ3n) is 4.31. The molecular formula is C21H23N5O2S. The number of furan rings is 1. The highest BCUT2D eigenvalue weighted by molar-refractivity contribution is 8.04. The summed E-state index contributed by atoms with van der Waals surface area (Å²) in [7, 11) is -2.77. The number of nitrogen functional groups attached to an aromatic ring is 1. The van der Waals surface area contributed by atoms with Gasteiger partial charge in [0, 0.05) is 44.9 Å². The molecule has 0 fully saturated rings. The van der Waals surface area contributed by atoms with Crippen molar-refractivity contribution in [3.05, 3.63) is 78.0 Å². The number of fused-ring (bicyclic) bond motifs is 1. The second kappa shape index (κ2) is 8.85. The Labute approximate surface area is 170 Å². The van der Waals surface area contributed by atoms with Gasteiger partial charge in [-0.2, -0.15) is 0 Å². The maximum Gasteiger partial charge on any atom is 0.219 e. The van der Waals surface area contributed by atoms with Crippen molar-refractivity contribution in [2.24, 2.45) is 0 Å². The van der Waals surface area contributed by atoms with Gasteiger partial charge in [-0.15, -0.1) is 0 Å². The molecule has 3 rings (SSSR count). The van der Waals surface area contributed by atoms with Gasteiger partial charge in [-0.25, -0.2) is 9.97 Å². The van der Waals surface area contributed by atoms with E-state index in [-0.39, 0.29) is 5.95 Å². The van der Waals surface area contributed by atoms with E-state index >= 15 is 0 Å². The molecule has 1 unspecified atom stereocenters. The number of aromatic nitrogens is 3. The van der Waals surface area contributed by atoms with Gasteiger partial charge >= 0.3 is 0 Å². The molecule has 3 aromatic rings. The first-order valence-electron chi connectivity index (χ1n) is 8.90. The van der Waals surface area contributed by atoms with Crippen molar-refractivity contribution in [2.75, 3.05) is 12.3 Å². The second-order valence-corrected chi connectivity index (χ2v) is 8.69. The Morgan fingerprint density at radius 1 is 1.31 bits per heavy atom. The Balaban J connectivity index is 1.59. The SMILES string of the molecule is C=C(C=CC(=CC)CNCc1cc2ccncc2o1)S(=C)(=O)c1cnc(N)nc1. The Hall–Kier alpha value is -3.23. The summed E-state index contributed by atoms with van der Waals surface area (Å²) in [4.78, 5) is 12.6. The van der Waals surface area contributed by atoms with Crippen LogP contribution in [0.1, 0.15) is 12.7 Å². The lowest BCUT2D eigenvalue weighted by atomic mass is 10.2. The van der Waals surface area contributed by atoms with Crippen molar-refractivity contribution < 1.29 is 8.63 Å². The Bertz CT molecular complexity index is 1140. The van der Waals surface area contributed by atoms with Crippen LogP contribution in [-0.4, -0.2) is 31.6 Å². The highest BCUT2D eigenvalue weighted by Crippen LogP contribution is 2.19. The van der Waals surface area contributed by atoms with Crippen molar-refractivity contribution in [3.63, 3.8) is 0 Å². The molecule has 0 saturated carbocycles. The van der Waals surface area contributed by atoms with Gasteiger partial charge in [0.2, 0.25) is 5.95 Å². The Kier molecular flexibility index (Phi) is 6.26. The van der Waals surface area contributed by atoms with Crippen LogP contribution in [-0.2, 0) is 16.1 Å². The number of nitrogens with zero attached hydrogens (tertiary/aromatic N) is 3. The maximum atomic E-state index is 12.9. The molecule has 0 saturated heterocycles. The molecule has 3 N–H and O–H groups in total. The summed E-state index contributed by atoms with van der Waals surface area (Å²) in [5, 5.41) is 4.35. The fourth-order valence-electron chi connectivity index (χ4n) is 2.57. The first-order valence-corrected chi connectivity index (χ1v) is 10.6. The van der Waals surface area contributed by atoms with Crippen molar-refractivity contribution in [1.82, 2.24) is 20.3 Å². The van der Waals surface area contributed by atoms with Gasteiger partial charge in [0.05, 0.1) is 17.6 Å². The van der Waals surface area contributed by atoms with E-state index in [2.05, 4.69) is 32.7 Å². The van der Waals surface area contributed by atoms with Crippen LogP contribution in [0.4, 0.5) is 5.95 Å². The Morgan fingerprint density at radius 3 is 2.76 bits per heavy atom. The lowest BCUT2D eigenvalue weighted by molar-refractivity contribution is 0.522. The molecule has 150 valence electrons. The summed E-state index contributed by atoms with van der Waals surface area (Å²) >= 11 is 0. The molecule has 0 spiro atoms. The van der Waals surface area contributed by atoms with Crippen molar-refractivity contribution in [1.29, 1.82) is 0 Å². The minimum atomic E-state index is -2.77. The number of hydrogen-bond donors (Lipinski definition) is 2. The van der Waals surface area contributed by atoms with Crippen molar-refractivity contribution in [3.8, 4) is 0 Å². The lowest BCUT2D eigenvalue weighted by Crippen LogP contribution is -2.15. The number of hydrogen-bond acceptors (Lipinski definition) is 7. The summed E-state index contributed by atoms with van der Waals surface area (Å²) in [6.07, 6.45) is 11.8. The number of anilines is 1. The van der Waals surface area contributed by atoms with Crippen LogP contribution in [0.3, 0.4) is 0 Å². The largest absolute Gasteiger partial charge is 0.458 e. The lowest BCUT2D eigenvalue weighted by Gasteiger charge is -2.09. The van der Waals surface area contributed by atoms with Crippen LogP contribution in [0.25, 0.3) is 11.0 Å². The van der Waals surface area contributed by atoms with Gasteiger partial charge in [-0.05, 0) is 36.6 Å². The van der Waals surface area contributed by atoms with E-state index in [0.717, 1.165) is 22.3 Å². The topological polar surface area (TPSA) is 107 Å². The van der Waals surface area contributed by atoms with Crippen LogP contribution in [0.5, 0.6) is 0 Å². The van der Waals surface area contributed by atoms with Crippen LogP contribution < -0.4 is 11.1 Å². The molecule has 3 heterocycles. The van der Waals surface area contributed by atoms with Crippen LogP contribution in [0, 0.1) is 0 Å². The standard InChI is InChI=1S/C21H23N5O2S/c1-4-16(10-24-11-18-9-17-7-8-23-14-20(17)28-18)6-5-15(2)29(3,27)19-12-25-21(22)26-13-19/h4-9,12-14,24H,2-3,10-11H2,1H3,(H2,22,25,26).